The highest BCUT2D eigenvalue weighted by Gasteiger charge is 2.48. The number of aromatic nitrogens is 1. The summed E-state index contributed by atoms with van der Waals surface area (Å²) >= 11 is 0. The summed E-state index contributed by atoms with van der Waals surface area (Å²) in [5, 5.41) is 12.2. The van der Waals surface area contributed by atoms with Crippen molar-refractivity contribution in [2.75, 3.05) is 11.9 Å². The molecule has 2 bridgehead atoms. The maximum Gasteiger partial charge on any atom is 0.433 e. The van der Waals surface area contributed by atoms with Crippen LogP contribution in [0.25, 0.3) is 0 Å². The fraction of sp³-hybridized carbons (Fsp3) is 0.333. The summed E-state index contributed by atoms with van der Waals surface area (Å²) in [5.41, 5.74) is 0.757. The molecule has 2 aliphatic heterocycles. The molecule has 3 atom stereocenters. The van der Waals surface area contributed by atoms with E-state index in [2.05, 4.69) is 10.3 Å². The molecule has 2 aromatic rings. The second-order valence-corrected chi connectivity index (χ2v) is 6.59. The average Bonchev–Trinajstić information content (AvgIpc) is 3.23. The molecule has 2 N–H and O–H groups in total. The fourth-order valence-corrected chi connectivity index (χ4v) is 3.62. The van der Waals surface area contributed by atoms with Crippen LogP contribution in [-0.2, 0) is 10.9 Å². The van der Waals surface area contributed by atoms with Crippen molar-refractivity contribution in [1.29, 1.82) is 0 Å². The number of likely N-dealkylation sites (tertiary alicyclic amines) is 1. The van der Waals surface area contributed by atoms with E-state index in [0.717, 1.165) is 17.8 Å². The molecule has 9 heteroatoms. The van der Waals surface area contributed by atoms with Gasteiger partial charge in [0.1, 0.15) is 11.8 Å². The molecular formula is C18H16F3N3O3. The lowest BCUT2D eigenvalue weighted by Crippen LogP contribution is -2.42. The van der Waals surface area contributed by atoms with E-state index >= 15 is 0 Å². The van der Waals surface area contributed by atoms with Crippen molar-refractivity contribution >= 4 is 17.5 Å². The first kappa shape index (κ1) is 17.6. The zero-order chi connectivity index (χ0) is 19.2. The number of anilines is 2. The topological polar surface area (TPSA) is 74.7 Å². The van der Waals surface area contributed by atoms with Crippen LogP contribution >= 0.6 is 0 Å². The number of alkyl halides is 3. The summed E-state index contributed by atoms with van der Waals surface area (Å²) in [6, 6.07) is 9.22. The number of fused-ring (bicyclic) bond motifs is 2. The molecule has 3 heterocycles. The minimum Gasteiger partial charge on any atom is -0.465 e. The second kappa shape index (κ2) is 6.41. The molecule has 0 spiro atoms. The summed E-state index contributed by atoms with van der Waals surface area (Å²) in [6.07, 6.45) is -4.10. The molecule has 2 aliphatic rings. The maximum absolute atomic E-state index is 12.7. The predicted octanol–water partition coefficient (Wildman–Crippen LogP) is 4.04. The smallest absolute Gasteiger partial charge is 0.433 e. The first-order chi connectivity index (χ1) is 12.8. The summed E-state index contributed by atoms with van der Waals surface area (Å²) in [7, 11) is 0. The molecule has 2 fully saturated rings. The SMILES string of the molecule is O=C(O)N1C[C@@H]2C[C@H]1[C@@H](c1ccc(Nc3ccnc(C(F)(F)F)c3)cc1)O2. The van der Waals surface area contributed by atoms with E-state index < -0.39 is 18.0 Å². The van der Waals surface area contributed by atoms with Gasteiger partial charge < -0.3 is 15.2 Å². The Morgan fingerprint density at radius 2 is 1.96 bits per heavy atom. The Kier molecular flexibility index (Phi) is 4.18. The number of hydrogen-bond donors (Lipinski definition) is 2. The number of pyridine rings is 1. The normalized spacial score (nSPS) is 24.3. The van der Waals surface area contributed by atoms with Crippen molar-refractivity contribution in [2.24, 2.45) is 0 Å². The molecule has 4 rings (SSSR count). The number of ether oxygens (including phenoxy) is 1. The van der Waals surface area contributed by atoms with E-state index in [-0.39, 0.29) is 23.9 Å². The van der Waals surface area contributed by atoms with Gasteiger partial charge in [-0.1, -0.05) is 12.1 Å². The monoisotopic (exact) mass is 379 g/mol. The van der Waals surface area contributed by atoms with Gasteiger partial charge in [-0.05, 0) is 36.2 Å². The van der Waals surface area contributed by atoms with Gasteiger partial charge in [-0.25, -0.2) is 4.79 Å². The van der Waals surface area contributed by atoms with E-state index in [4.69, 9.17) is 4.74 Å². The number of halogens is 3. The molecule has 0 unspecified atom stereocenters. The summed E-state index contributed by atoms with van der Waals surface area (Å²) < 4.78 is 44.1. The number of morpholine rings is 1. The molecule has 0 saturated carbocycles. The van der Waals surface area contributed by atoms with Crippen LogP contribution in [0.4, 0.5) is 29.3 Å². The number of carbonyl (C=O) groups is 1. The molecule has 2 saturated heterocycles. The highest BCUT2D eigenvalue weighted by atomic mass is 19.4. The van der Waals surface area contributed by atoms with Crippen LogP contribution in [0.3, 0.4) is 0 Å². The Balaban J connectivity index is 1.48. The second-order valence-electron chi connectivity index (χ2n) is 6.59. The average molecular weight is 379 g/mol. The molecule has 1 aromatic carbocycles. The first-order valence-electron chi connectivity index (χ1n) is 8.36. The third-order valence-electron chi connectivity index (χ3n) is 4.82. The molecule has 6 nitrogen and oxygen atoms in total. The van der Waals surface area contributed by atoms with E-state index in [1.54, 1.807) is 24.3 Å². The van der Waals surface area contributed by atoms with E-state index in [9.17, 15) is 23.1 Å². The number of benzene rings is 1. The number of hydrogen-bond acceptors (Lipinski definition) is 4. The highest BCUT2D eigenvalue weighted by Crippen LogP contribution is 2.42. The molecule has 1 amide bonds. The van der Waals surface area contributed by atoms with Crippen molar-refractivity contribution in [3.63, 3.8) is 0 Å². The van der Waals surface area contributed by atoms with Gasteiger partial charge in [0.2, 0.25) is 0 Å². The van der Waals surface area contributed by atoms with Gasteiger partial charge in [-0.15, -0.1) is 0 Å². The lowest BCUT2D eigenvalue weighted by atomic mass is 10.0. The number of nitrogens with one attached hydrogen (secondary N) is 1. The fourth-order valence-electron chi connectivity index (χ4n) is 3.62. The number of amides is 1. The quantitative estimate of drug-likeness (QED) is 0.842. The minimum atomic E-state index is -4.50. The molecule has 142 valence electrons. The van der Waals surface area contributed by atoms with E-state index in [1.807, 2.05) is 0 Å². The number of rotatable bonds is 3. The van der Waals surface area contributed by atoms with Crippen LogP contribution in [0.15, 0.2) is 42.6 Å². The zero-order valence-electron chi connectivity index (χ0n) is 14.0. The zero-order valence-corrected chi connectivity index (χ0v) is 14.0. The van der Waals surface area contributed by atoms with Crippen LogP contribution in [0.5, 0.6) is 0 Å². The van der Waals surface area contributed by atoms with Gasteiger partial charge in [0.15, 0.2) is 0 Å². The largest absolute Gasteiger partial charge is 0.465 e. The van der Waals surface area contributed by atoms with Crippen LogP contribution in [0.2, 0.25) is 0 Å². The summed E-state index contributed by atoms with van der Waals surface area (Å²) in [5.74, 6) is 0. The van der Waals surface area contributed by atoms with Crippen molar-refractivity contribution < 1.29 is 27.8 Å². The predicted molar refractivity (Wildman–Crippen MR) is 89.7 cm³/mol. The van der Waals surface area contributed by atoms with Gasteiger partial charge in [-0.3, -0.25) is 9.88 Å². The summed E-state index contributed by atoms with van der Waals surface area (Å²) in [6.45, 7) is 0.389. The lowest BCUT2D eigenvalue weighted by Gasteiger charge is -2.31. The van der Waals surface area contributed by atoms with Crippen LogP contribution in [0.1, 0.15) is 23.8 Å². The van der Waals surface area contributed by atoms with Crippen molar-refractivity contribution in [2.45, 2.75) is 30.8 Å². The molecule has 0 radical (unpaired) electrons. The Morgan fingerprint density at radius 3 is 2.59 bits per heavy atom. The van der Waals surface area contributed by atoms with Gasteiger partial charge in [0.05, 0.1) is 18.7 Å². The first-order valence-corrected chi connectivity index (χ1v) is 8.36. The van der Waals surface area contributed by atoms with Crippen molar-refractivity contribution in [3.05, 3.63) is 53.9 Å². The minimum absolute atomic E-state index is 0.0912. The van der Waals surface area contributed by atoms with Gasteiger partial charge in [0.25, 0.3) is 0 Å². The molecular weight excluding hydrogens is 363 g/mol. The Hall–Kier alpha value is -2.81. The van der Waals surface area contributed by atoms with Crippen molar-refractivity contribution in [1.82, 2.24) is 9.88 Å². The molecule has 1 aromatic heterocycles. The Labute approximate surface area is 152 Å². The van der Waals surface area contributed by atoms with Gasteiger partial charge in [0, 0.05) is 17.6 Å². The molecule has 0 aliphatic carbocycles. The van der Waals surface area contributed by atoms with E-state index in [1.165, 1.54) is 11.0 Å². The van der Waals surface area contributed by atoms with E-state index in [0.29, 0.717) is 18.7 Å². The Bertz CT molecular complexity index is 857. The van der Waals surface area contributed by atoms with Crippen LogP contribution < -0.4 is 5.32 Å². The van der Waals surface area contributed by atoms with Crippen LogP contribution in [0, 0.1) is 0 Å². The van der Waals surface area contributed by atoms with Gasteiger partial charge >= 0.3 is 12.3 Å². The Morgan fingerprint density at radius 1 is 1.22 bits per heavy atom. The third kappa shape index (κ3) is 3.42. The lowest BCUT2D eigenvalue weighted by molar-refractivity contribution is -0.141. The standard InChI is InChI=1S/C18H16F3N3O3/c19-18(20,21)15-7-12(5-6-22-15)23-11-3-1-10(2-4-11)16-14-8-13(27-16)9-24(14)17(25)26/h1-7,13-14,16H,8-9H2,(H,22,23)(H,25,26)/t13-,14-,16+/m0/s1. The number of nitrogens with zero attached hydrogens (tertiary/aromatic N) is 2. The van der Waals surface area contributed by atoms with Gasteiger partial charge in [-0.2, -0.15) is 13.2 Å². The molecule has 27 heavy (non-hydrogen) atoms. The third-order valence-corrected chi connectivity index (χ3v) is 4.82. The number of carboxylic acid groups (broad SMARTS) is 1. The van der Waals surface area contributed by atoms with Crippen LogP contribution in [-0.4, -0.2) is 39.8 Å². The van der Waals surface area contributed by atoms with Crippen molar-refractivity contribution in [3.8, 4) is 0 Å². The summed E-state index contributed by atoms with van der Waals surface area (Å²) in [4.78, 5) is 16.0. The highest BCUT2D eigenvalue weighted by molar-refractivity contribution is 5.66. The maximum atomic E-state index is 12.7.